The molecule has 0 aromatic heterocycles. The summed E-state index contributed by atoms with van der Waals surface area (Å²) < 4.78 is 62.8. The Labute approximate surface area is 167 Å². The summed E-state index contributed by atoms with van der Waals surface area (Å²) in [5.74, 6) is -4.38. The van der Waals surface area contributed by atoms with Crippen LogP contribution >= 0.6 is 0 Å². The van der Waals surface area contributed by atoms with Gasteiger partial charge in [-0.2, -0.15) is 8.78 Å². The number of rotatable bonds is 7. The third kappa shape index (κ3) is 5.16. The van der Waals surface area contributed by atoms with Gasteiger partial charge in [0.25, 0.3) is 0 Å². The summed E-state index contributed by atoms with van der Waals surface area (Å²) in [5.41, 5.74) is 0.661. The van der Waals surface area contributed by atoms with Crippen LogP contribution in [0.25, 0.3) is 0 Å². The smallest absolute Gasteiger partial charge is 0.324 e. The van der Waals surface area contributed by atoms with Gasteiger partial charge in [-0.25, -0.2) is 12.8 Å². The minimum atomic E-state index is -4.83. The third-order valence-electron chi connectivity index (χ3n) is 4.91. The van der Waals surface area contributed by atoms with Crippen LogP contribution in [-0.2, 0) is 21.1 Å². The third-order valence-corrected chi connectivity index (χ3v) is 6.35. The van der Waals surface area contributed by atoms with Crippen LogP contribution < -0.4 is 5.32 Å². The summed E-state index contributed by atoms with van der Waals surface area (Å²) in [4.78, 5) is 13.8. The molecular formula is C20H21F3N2O3S. The number of benzene rings is 2. The SMILES string of the molecule is O=C(CN1CCCC1Cc1cccc(F)c1)Nc1ccccc1S(=O)(=O)C(F)F. The number of alkyl halides is 2. The normalized spacial score (nSPS) is 17.6. The monoisotopic (exact) mass is 426 g/mol. The maximum atomic E-state index is 13.4. The highest BCUT2D eigenvalue weighted by molar-refractivity contribution is 7.91. The maximum absolute atomic E-state index is 13.4. The maximum Gasteiger partial charge on any atom is 0.341 e. The fourth-order valence-electron chi connectivity index (χ4n) is 3.56. The Bertz CT molecular complexity index is 982. The van der Waals surface area contributed by atoms with E-state index in [-0.39, 0.29) is 24.1 Å². The Morgan fingerprint density at radius 1 is 1.17 bits per heavy atom. The van der Waals surface area contributed by atoms with Crippen molar-refractivity contribution in [2.24, 2.45) is 0 Å². The lowest BCUT2D eigenvalue weighted by Crippen LogP contribution is -2.38. The first-order valence-electron chi connectivity index (χ1n) is 9.17. The van der Waals surface area contributed by atoms with E-state index in [0.29, 0.717) is 13.0 Å². The minimum absolute atomic E-state index is 0.0109. The van der Waals surface area contributed by atoms with Crippen LogP contribution in [0.3, 0.4) is 0 Å². The van der Waals surface area contributed by atoms with E-state index < -0.39 is 26.4 Å². The Kier molecular flexibility index (Phi) is 6.59. The molecule has 1 aliphatic heterocycles. The molecule has 0 spiro atoms. The van der Waals surface area contributed by atoms with Gasteiger partial charge in [0.2, 0.25) is 15.7 Å². The number of carbonyl (C=O) groups excluding carboxylic acids is 1. The predicted molar refractivity (Wildman–Crippen MR) is 103 cm³/mol. The molecule has 0 radical (unpaired) electrons. The van der Waals surface area contributed by atoms with Crippen LogP contribution in [0.4, 0.5) is 18.9 Å². The molecule has 0 bridgehead atoms. The van der Waals surface area contributed by atoms with Gasteiger partial charge in [0.05, 0.1) is 17.1 Å². The average molecular weight is 426 g/mol. The zero-order valence-corrected chi connectivity index (χ0v) is 16.3. The molecule has 1 aliphatic rings. The largest absolute Gasteiger partial charge is 0.341 e. The topological polar surface area (TPSA) is 66.5 Å². The van der Waals surface area contributed by atoms with E-state index in [0.717, 1.165) is 24.5 Å². The molecule has 0 saturated carbocycles. The van der Waals surface area contributed by atoms with E-state index in [1.165, 1.54) is 30.3 Å². The molecule has 9 heteroatoms. The number of likely N-dealkylation sites (tertiary alicyclic amines) is 1. The quantitative estimate of drug-likeness (QED) is 0.736. The van der Waals surface area contributed by atoms with Crippen LogP contribution in [0.5, 0.6) is 0 Å². The Morgan fingerprint density at radius 3 is 2.66 bits per heavy atom. The second-order valence-electron chi connectivity index (χ2n) is 6.95. The number of anilines is 1. The van der Waals surface area contributed by atoms with Gasteiger partial charge in [-0.3, -0.25) is 9.69 Å². The fourth-order valence-corrected chi connectivity index (χ4v) is 4.44. The summed E-state index contributed by atoms with van der Waals surface area (Å²) in [5, 5.41) is 2.44. The van der Waals surface area contributed by atoms with Crippen LogP contribution in [0, 0.1) is 5.82 Å². The van der Waals surface area contributed by atoms with Crippen molar-refractivity contribution in [3.05, 3.63) is 59.9 Å². The van der Waals surface area contributed by atoms with Gasteiger partial charge in [-0.15, -0.1) is 0 Å². The van der Waals surface area contributed by atoms with E-state index in [9.17, 15) is 26.4 Å². The zero-order valence-electron chi connectivity index (χ0n) is 15.5. The van der Waals surface area contributed by atoms with E-state index >= 15 is 0 Å². The molecule has 5 nitrogen and oxygen atoms in total. The number of nitrogens with one attached hydrogen (secondary N) is 1. The van der Waals surface area contributed by atoms with Gasteiger partial charge in [-0.1, -0.05) is 24.3 Å². The summed E-state index contributed by atoms with van der Waals surface area (Å²) in [7, 11) is -4.83. The number of sulfone groups is 1. The molecule has 156 valence electrons. The molecule has 1 atom stereocenters. The number of hydrogen-bond acceptors (Lipinski definition) is 4. The molecule has 3 rings (SSSR count). The molecular weight excluding hydrogens is 405 g/mol. The second-order valence-corrected chi connectivity index (χ2v) is 8.84. The second kappa shape index (κ2) is 8.96. The molecule has 2 aromatic carbocycles. The zero-order chi connectivity index (χ0) is 21.0. The lowest BCUT2D eigenvalue weighted by atomic mass is 10.0. The van der Waals surface area contributed by atoms with Gasteiger partial charge >= 0.3 is 5.76 Å². The first-order valence-corrected chi connectivity index (χ1v) is 10.7. The van der Waals surface area contributed by atoms with Gasteiger partial charge in [0.15, 0.2) is 0 Å². The molecule has 1 fully saturated rings. The van der Waals surface area contributed by atoms with E-state index in [1.54, 1.807) is 6.07 Å². The molecule has 1 heterocycles. The van der Waals surface area contributed by atoms with Gasteiger partial charge < -0.3 is 5.32 Å². The number of halogens is 3. The van der Waals surface area contributed by atoms with Crippen molar-refractivity contribution in [3.63, 3.8) is 0 Å². The minimum Gasteiger partial charge on any atom is -0.324 e. The highest BCUT2D eigenvalue weighted by atomic mass is 32.2. The molecule has 1 unspecified atom stereocenters. The molecule has 0 aliphatic carbocycles. The molecule has 1 amide bonds. The Balaban J connectivity index is 1.68. The van der Waals surface area contributed by atoms with Crippen LogP contribution in [0.15, 0.2) is 53.4 Å². The lowest BCUT2D eigenvalue weighted by Gasteiger charge is -2.24. The van der Waals surface area contributed by atoms with Gasteiger partial charge in [0, 0.05) is 6.04 Å². The van der Waals surface area contributed by atoms with Crippen LogP contribution in [0.1, 0.15) is 18.4 Å². The molecule has 1 N–H and O–H groups in total. The van der Waals surface area contributed by atoms with E-state index in [2.05, 4.69) is 5.32 Å². The van der Waals surface area contributed by atoms with E-state index in [4.69, 9.17) is 0 Å². The molecule has 29 heavy (non-hydrogen) atoms. The standard InChI is InChI=1S/C20H21F3N2O3S/c21-15-6-3-5-14(11-15)12-16-7-4-10-25(16)13-19(26)24-17-8-1-2-9-18(17)29(27,28)20(22)23/h1-3,5-6,8-9,11,16,20H,4,7,10,12-13H2,(H,24,26). The summed E-state index contributed by atoms with van der Waals surface area (Å²) >= 11 is 0. The van der Waals surface area contributed by atoms with Crippen molar-refractivity contribution in [3.8, 4) is 0 Å². The highest BCUT2D eigenvalue weighted by Crippen LogP contribution is 2.26. The first kappa shape index (κ1) is 21.3. The van der Waals surface area contributed by atoms with Crippen molar-refractivity contribution in [1.29, 1.82) is 0 Å². The predicted octanol–water partition coefficient (Wildman–Crippen LogP) is 3.47. The van der Waals surface area contributed by atoms with Crippen LogP contribution in [0.2, 0.25) is 0 Å². The highest BCUT2D eigenvalue weighted by Gasteiger charge is 2.30. The number of hydrogen-bond donors (Lipinski definition) is 1. The van der Waals surface area contributed by atoms with Crippen molar-refractivity contribution in [2.45, 2.75) is 36.0 Å². The summed E-state index contributed by atoms with van der Waals surface area (Å²) in [6.07, 6.45) is 2.31. The molecule has 2 aromatic rings. The van der Waals surface area contributed by atoms with Crippen molar-refractivity contribution < 1.29 is 26.4 Å². The average Bonchev–Trinajstić information content (AvgIpc) is 3.08. The lowest BCUT2D eigenvalue weighted by molar-refractivity contribution is -0.117. The number of carbonyl (C=O) groups is 1. The molecule has 1 saturated heterocycles. The van der Waals surface area contributed by atoms with Gasteiger partial charge in [-0.05, 0) is 55.6 Å². The number of nitrogens with zero attached hydrogens (tertiary/aromatic N) is 1. The number of para-hydroxylation sites is 1. The summed E-state index contributed by atoms with van der Waals surface area (Å²) in [6.45, 7) is 0.660. The number of amides is 1. The summed E-state index contributed by atoms with van der Waals surface area (Å²) in [6, 6.07) is 11.4. The Morgan fingerprint density at radius 2 is 1.93 bits per heavy atom. The Hall–Kier alpha value is -2.39. The first-order chi connectivity index (χ1) is 13.8. The van der Waals surface area contributed by atoms with Crippen molar-refractivity contribution in [1.82, 2.24) is 4.90 Å². The van der Waals surface area contributed by atoms with Crippen molar-refractivity contribution >= 4 is 21.4 Å². The van der Waals surface area contributed by atoms with E-state index in [1.807, 2.05) is 11.0 Å². The van der Waals surface area contributed by atoms with Crippen LogP contribution in [-0.4, -0.2) is 44.1 Å². The fraction of sp³-hybridized carbons (Fsp3) is 0.350. The van der Waals surface area contributed by atoms with Crippen molar-refractivity contribution in [2.75, 3.05) is 18.4 Å². The van der Waals surface area contributed by atoms with Gasteiger partial charge in [0.1, 0.15) is 5.82 Å².